The smallest absolute Gasteiger partial charge is 0.224 e. The van der Waals surface area contributed by atoms with E-state index in [1.165, 1.54) is 0 Å². The lowest BCUT2D eigenvalue weighted by molar-refractivity contribution is -0.125. The first-order valence-corrected chi connectivity index (χ1v) is 5.48. The normalized spacial score (nSPS) is 32.4. The lowest BCUT2D eigenvalue weighted by atomic mass is 10.0. The maximum Gasteiger partial charge on any atom is 0.224 e. The minimum atomic E-state index is 0.0654. The molecule has 2 aliphatic rings. The first-order chi connectivity index (χ1) is 6.77. The lowest BCUT2D eigenvalue weighted by Crippen LogP contribution is -2.42. The monoisotopic (exact) mass is 194 g/mol. The van der Waals surface area contributed by atoms with Crippen molar-refractivity contribution in [2.24, 2.45) is 11.7 Å². The summed E-state index contributed by atoms with van der Waals surface area (Å²) in [5.74, 6) is 0.235. The highest BCUT2D eigenvalue weighted by Crippen LogP contribution is 2.24. The third-order valence-corrected chi connectivity index (χ3v) is 3.26. The van der Waals surface area contributed by atoms with Crippen LogP contribution in [0.4, 0.5) is 0 Å². The Morgan fingerprint density at radius 3 is 2.57 bits per heavy atom. The molecule has 0 aliphatic heterocycles. The van der Waals surface area contributed by atoms with Crippen molar-refractivity contribution in [1.29, 1.82) is 0 Å². The number of hydrogen-bond donors (Lipinski definition) is 2. The van der Waals surface area contributed by atoms with Gasteiger partial charge in [0.25, 0.3) is 0 Å². The maximum absolute atomic E-state index is 11.8. The summed E-state index contributed by atoms with van der Waals surface area (Å²) in [4.78, 5) is 11.8. The van der Waals surface area contributed by atoms with Crippen LogP contribution < -0.4 is 11.1 Å². The van der Waals surface area contributed by atoms with Gasteiger partial charge >= 0.3 is 0 Å². The van der Waals surface area contributed by atoms with Crippen LogP contribution in [0.25, 0.3) is 0 Å². The van der Waals surface area contributed by atoms with E-state index >= 15 is 0 Å². The summed E-state index contributed by atoms with van der Waals surface area (Å²) >= 11 is 0. The molecule has 2 atom stereocenters. The zero-order valence-electron chi connectivity index (χ0n) is 8.41. The molecule has 0 bridgehead atoms. The summed E-state index contributed by atoms with van der Waals surface area (Å²) in [7, 11) is 0. The van der Waals surface area contributed by atoms with E-state index in [1.807, 2.05) is 0 Å². The van der Waals surface area contributed by atoms with Crippen molar-refractivity contribution in [2.45, 2.75) is 44.2 Å². The third-order valence-electron chi connectivity index (χ3n) is 3.26. The lowest BCUT2D eigenvalue weighted by Gasteiger charge is -2.18. The number of rotatable bonds is 2. The molecule has 0 spiro atoms. The Morgan fingerprint density at radius 2 is 2.00 bits per heavy atom. The molecule has 0 aromatic rings. The summed E-state index contributed by atoms with van der Waals surface area (Å²) in [5.41, 5.74) is 5.88. The zero-order chi connectivity index (χ0) is 9.97. The predicted octanol–water partition coefficient (Wildman–Crippen LogP) is 0.949. The number of nitrogens with one attached hydrogen (secondary N) is 1. The van der Waals surface area contributed by atoms with Gasteiger partial charge in [0.1, 0.15) is 0 Å². The van der Waals surface area contributed by atoms with Gasteiger partial charge in [-0.3, -0.25) is 4.79 Å². The van der Waals surface area contributed by atoms with E-state index in [0.29, 0.717) is 6.04 Å². The van der Waals surface area contributed by atoms with E-state index in [9.17, 15) is 4.79 Å². The van der Waals surface area contributed by atoms with Gasteiger partial charge in [0.2, 0.25) is 5.91 Å². The molecule has 3 heteroatoms. The molecule has 0 aromatic carbocycles. The second-order valence-electron chi connectivity index (χ2n) is 4.35. The molecule has 2 aliphatic carbocycles. The first-order valence-electron chi connectivity index (χ1n) is 5.48. The van der Waals surface area contributed by atoms with Crippen molar-refractivity contribution in [3.63, 3.8) is 0 Å². The van der Waals surface area contributed by atoms with Crippen molar-refractivity contribution in [2.75, 3.05) is 0 Å². The molecule has 78 valence electrons. The molecule has 0 saturated heterocycles. The molecule has 0 aromatic heterocycles. The predicted molar refractivity (Wildman–Crippen MR) is 55.6 cm³/mol. The molecule has 1 fully saturated rings. The molecular weight excluding hydrogens is 176 g/mol. The summed E-state index contributed by atoms with van der Waals surface area (Å²) < 4.78 is 0. The van der Waals surface area contributed by atoms with Gasteiger partial charge < -0.3 is 11.1 Å². The summed E-state index contributed by atoms with van der Waals surface area (Å²) in [5, 5.41) is 3.07. The Bertz CT molecular complexity index is 242. The first kappa shape index (κ1) is 9.71. The number of nitrogens with two attached hydrogens (primary N) is 1. The van der Waals surface area contributed by atoms with Crippen LogP contribution in [-0.4, -0.2) is 18.0 Å². The molecule has 14 heavy (non-hydrogen) atoms. The average molecular weight is 194 g/mol. The SMILES string of the molecule is NC1CCCC1C(=O)NC1CC=CC1. The van der Waals surface area contributed by atoms with Gasteiger partial charge in [-0.2, -0.15) is 0 Å². The summed E-state index contributed by atoms with van der Waals surface area (Å²) in [6.45, 7) is 0. The number of amides is 1. The molecule has 3 N–H and O–H groups in total. The maximum atomic E-state index is 11.8. The van der Waals surface area contributed by atoms with Gasteiger partial charge in [0.15, 0.2) is 0 Å². The minimum absolute atomic E-state index is 0.0654. The fourth-order valence-corrected chi connectivity index (χ4v) is 2.36. The van der Waals surface area contributed by atoms with E-state index in [2.05, 4.69) is 17.5 Å². The third kappa shape index (κ3) is 1.98. The largest absolute Gasteiger partial charge is 0.352 e. The molecular formula is C11H18N2O. The van der Waals surface area contributed by atoms with Gasteiger partial charge in [-0.25, -0.2) is 0 Å². The van der Waals surface area contributed by atoms with Crippen LogP contribution in [0.5, 0.6) is 0 Å². The van der Waals surface area contributed by atoms with E-state index < -0.39 is 0 Å². The molecule has 2 rings (SSSR count). The fourth-order valence-electron chi connectivity index (χ4n) is 2.36. The number of carbonyl (C=O) groups excluding carboxylic acids is 1. The van der Waals surface area contributed by atoms with Crippen LogP contribution in [-0.2, 0) is 4.79 Å². The van der Waals surface area contributed by atoms with Gasteiger partial charge in [0.05, 0.1) is 5.92 Å². The van der Waals surface area contributed by atoms with Crippen molar-refractivity contribution in [3.05, 3.63) is 12.2 Å². The highest BCUT2D eigenvalue weighted by Gasteiger charge is 2.31. The average Bonchev–Trinajstić information content (AvgIpc) is 2.75. The second kappa shape index (κ2) is 4.13. The van der Waals surface area contributed by atoms with Gasteiger partial charge in [0, 0.05) is 12.1 Å². The number of hydrogen-bond acceptors (Lipinski definition) is 2. The molecule has 2 unspecified atom stereocenters. The van der Waals surface area contributed by atoms with Gasteiger partial charge in [-0.1, -0.05) is 18.6 Å². The molecule has 3 nitrogen and oxygen atoms in total. The van der Waals surface area contributed by atoms with Gasteiger partial charge in [-0.05, 0) is 25.7 Å². The van der Waals surface area contributed by atoms with Crippen molar-refractivity contribution in [3.8, 4) is 0 Å². The highest BCUT2D eigenvalue weighted by atomic mass is 16.2. The van der Waals surface area contributed by atoms with Crippen molar-refractivity contribution < 1.29 is 4.79 Å². The Kier molecular flexibility index (Phi) is 2.87. The quantitative estimate of drug-likeness (QED) is 0.643. The highest BCUT2D eigenvalue weighted by molar-refractivity contribution is 5.80. The van der Waals surface area contributed by atoms with Crippen LogP contribution in [0, 0.1) is 5.92 Å². The van der Waals surface area contributed by atoms with E-state index in [0.717, 1.165) is 32.1 Å². The van der Waals surface area contributed by atoms with Crippen molar-refractivity contribution in [1.82, 2.24) is 5.32 Å². The number of carbonyl (C=O) groups is 1. The standard InChI is InChI=1S/C11H18N2O/c12-10-7-3-6-9(10)11(14)13-8-4-1-2-5-8/h1-2,8-10H,3-7,12H2,(H,13,14). The Labute approximate surface area is 84.7 Å². The summed E-state index contributed by atoms with van der Waals surface area (Å²) in [6.07, 6.45) is 9.27. The second-order valence-corrected chi connectivity index (χ2v) is 4.35. The molecule has 0 heterocycles. The Balaban J connectivity index is 1.82. The zero-order valence-corrected chi connectivity index (χ0v) is 8.41. The van der Waals surface area contributed by atoms with Crippen LogP contribution in [0.3, 0.4) is 0 Å². The molecule has 1 amide bonds. The molecule has 1 saturated carbocycles. The van der Waals surface area contributed by atoms with Crippen LogP contribution in [0.15, 0.2) is 12.2 Å². The van der Waals surface area contributed by atoms with E-state index in [1.54, 1.807) is 0 Å². The topological polar surface area (TPSA) is 55.1 Å². The minimum Gasteiger partial charge on any atom is -0.352 e. The van der Waals surface area contributed by atoms with Crippen LogP contribution >= 0.6 is 0 Å². The van der Waals surface area contributed by atoms with Crippen molar-refractivity contribution >= 4 is 5.91 Å². The van der Waals surface area contributed by atoms with Crippen LogP contribution in [0.1, 0.15) is 32.1 Å². The summed E-state index contributed by atoms with van der Waals surface area (Å²) in [6, 6.07) is 0.416. The Morgan fingerprint density at radius 1 is 1.29 bits per heavy atom. The fraction of sp³-hybridized carbons (Fsp3) is 0.727. The molecule has 0 radical (unpaired) electrons. The Hall–Kier alpha value is -0.830. The van der Waals surface area contributed by atoms with Crippen LogP contribution in [0.2, 0.25) is 0 Å². The van der Waals surface area contributed by atoms with E-state index in [4.69, 9.17) is 5.73 Å². The van der Waals surface area contributed by atoms with Gasteiger partial charge in [-0.15, -0.1) is 0 Å². The van der Waals surface area contributed by atoms with E-state index in [-0.39, 0.29) is 17.9 Å².